The molecule has 2 amide bonds. The van der Waals surface area contributed by atoms with Gasteiger partial charge < -0.3 is 30.3 Å². The molecule has 3 N–H and O–H groups in total. The number of aryl methyl sites for hydroxylation is 1. The van der Waals surface area contributed by atoms with Crippen molar-refractivity contribution in [3.63, 3.8) is 0 Å². The van der Waals surface area contributed by atoms with Crippen LogP contribution in [0.15, 0.2) is 30.3 Å². The van der Waals surface area contributed by atoms with Crippen molar-refractivity contribution >= 4 is 33.5 Å². The number of fused-ring (bicyclic) bond motifs is 3. The summed E-state index contributed by atoms with van der Waals surface area (Å²) < 4.78 is 5.90. The van der Waals surface area contributed by atoms with Crippen LogP contribution in [0.25, 0.3) is 10.3 Å². The number of nitrogens with zero attached hydrogens (tertiary/aromatic N) is 4. The molecule has 1 aliphatic carbocycles. The van der Waals surface area contributed by atoms with Crippen molar-refractivity contribution in [3.8, 4) is 0 Å². The summed E-state index contributed by atoms with van der Waals surface area (Å²) in [4.78, 5) is 42.5. The van der Waals surface area contributed by atoms with E-state index in [0.717, 1.165) is 86.4 Å². The van der Waals surface area contributed by atoms with Crippen molar-refractivity contribution in [2.75, 3.05) is 45.9 Å². The summed E-state index contributed by atoms with van der Waals surface area (Å²) in [7, 11) is 0. The van der Waals surface area contributed by atoms with Crippen LogP contribution in [0, 0.1) is 11.3 Å². The smallest absolute Gasteiger partial charge is 0.280 e. The number of hydrogen-bond donors (Lipinski definition) is 3. The van der Waals surface area contributed by atoms with Crippen LogP contribution >= 0.6 is 11.3 Å². The quantitative estimate of drug-likeness (QED) is 0.349. The Labute approximate surface area is 281 Å². The summed E-state index contributed by atoms with van der Waals surface area (Å²) in [5.74, 6) is 0.378. The SMILES string of the molecule is CC(C)(C)[C@H]1CCc2nc3sc(C(=O)N[C@H](CCN4CCC(O)CC4)c4cccc(C(=O)N5CCO[C@H]6CNC[C@H]65)c4)nc3cc2C1. The van der Waals surface area contributed by atoms with Crippen LogP contribution in [-0.2, 0) is 17.6 Å². The number of aliphatic hydroxyl groups is 1. The van der Waals surface area contributed by atoms with Gasteiger partial charge in [-0.25, -0.2) is 9.97 Å². The highest BCUT2D eigenvalue weighted by atomic mass is 32.1. The van der Waals surface area contributed by atoms with E-state index in [1.165, 1.54) is 16.9 Å². The highest BCUT2D eigenvalue weighted by molar-refractivity contribution is 7.19. The van der Waals surface area contributed by atoms with Crippen molar-refractivity contribution in [2.24, 2.45) is 11.3 Å². The number of hydrogen-bond acceptors (Lipinski definition) is 9. The normalized spacial score (nSPS) is 24.6. The van der Waals surface area contributed by atoms with Crippen LogP contribution in [0.1, 0.15) is 89.5 Å². The number of morpholine rings is 1. The summed E-state index contributed by atoms with van der Waals surface area (Å²) in [6.45, 7) is 12.0. The molecule has 3 aliphatic heterocycles. The first-order valence-corrected chi connectivity index (χ1v) is 18.2. The van der Waals surface area contributed by atoms with Gasteiger partial charge >= 0.3 is 0 Å². The average molecular weight is 661 g/mol. The molecule has 10 nitrogen and oxygen atoms in total. The van der Waals surface area contributed by atoms with Gasteiger partial charge in [-0.05, 0) is 79.2 Å². The first-order valence-electron chi connectivity index (χ1n) is 17.4. The molecule has 47 heavy (non-hydrogen) atoms. The molecule has 0 spiro atoms. The van der Waals surface area contributed by atoms with Gasteiger partial charge in [0, 0.05) is 50.5 Å². The van der Waals surface area contributed by atoms with E-state index in [1.54, 1.807) is 0 Å². The molecule has 4 aliphatic rings. The van der Waals surface area contributed by atoms with Crippen molar-refractivity contribution in [2.45, 2.75) is 83.6 Å². The van der Waals surface area contributed by atoms with E-state index in [4.69, 9.17) is 14.7 Å². The minimum absolute atomic E-state index is 0.00106. The number of nitrogens with one attached hydrogen (secondary N) is 2. The summed E-state index contributed by atoms with van der Waals surface area (Å²) in [6.07, 6.45) is 5.07. The van der Waals surface area contributed by atoms with Gasteiger partial charge in [0.15, 0.2) is 5.01 Å². The maximum Gasteiger partial charge on any atom is 0.280 e. The Balaban J connectivity index is 1.11. The van der Waals surface area contributed by atoms with E-state index in [-0.39, 0.29) is 41.5 Å². The number of carbonyl (C=O) groups is 2. The van der Waals surface area contributed by atoms with Gasteiger partial charge in [-0.2, -0.15) is 0 Å². The Morgan fingerprint density at radius 2 is 1.96 bits per heavy atom. The van der Waals surface area contributed by atoms with Crippen LogP contribution in [-0.4, -0.2) is 101 Å². The number of likely N-dealkylation sites (tertiary alicyclic amines) is 1. The van der Waals surface area contributed by atoms with E-state index in [1.807, 2.05) is 29.2 Å². The molecule has 5 heterocycles. The van der Waals surface area contributed by atoms with E-state index >= 15 is 0 Å². The summed E-state index contributed by atoms with van der Waals surface area (Å²) in [6, 6.07) is 9.60. The van der Waals surface area contributed by atoms with Gasteiger partial charge in [-0.3, -0.25) is 9.59 Å². The number of pyridine rings is 1. The van der Waals surface area contributed by atoms with Gasteiger partial charge in [0.05, 0.1) is 30.9 Å². The predicted octanol–water partition coefficient (Wildman–Crippen LogP) is 3.97. The molecular weight excluding hydrogens is 613 g/mol. The number of thiazole rings is 1. The monoisotopic (exact) mass is 660 g/mol. The largest absolute Gasteiger partial charge is 0.393 e. The standard InChI is InChI=1S/C36H48N6O4S/c1-36(2,3)25-7-8-27-24(18-25)19-29-33(39-27)47-34(40-29)32(44)38-28(11-14-41-12-9-26(43)10-13-41)22-5-4-6-23(17-22)35(45)42-15-16-46-31-21-37-20-30(31)42/h4-6,17,19,25-26,28,30-31,37,43H,7-16,18,20-21H2,1-3H3,(H,38,44)/t25-,28+,30+,31-/m0/s1. The summed E-state index contributed by atoms with van der Waals surface area (Å²) >= 11 is 1.35. The lowest BCUT2D eigenvalue weighted by Gasteiger charge is -2.37. The summed E-state index contributed by atoms with van der Waals surface area (Å²) in [5, 5.41) is 17.1. The van der Waals surface area contributed by atoms with Crippen molar-refractivity contribution in [1.29, 1.82) is 0 Å². The highest BCUT2D eigenvalue weighted by Crippen LogP contribution is 2.38. The van der Waals surface area contributed by atoms with Crippen LogP contribution in [0.3, 0.4) is 0 Å². The van der Waals surface area contributed by atoms with E-state index in [9.17, 15) is 14.7 Å². The zero-order valence-electron chi connectivity index (χ0n) is 27.8. The molecule has 0 saturated carbocycles. The number of ether oxygens (including phenoxy) is 1. The first-order chi connectivity index (χ1) is 22.6. The first kappa shape index (κ1) is 32.6. The van der Waals surface area contributed by atoms with Gasteiger partial charge in [-0.1, -0.05) is 44.2 Å². The van der Waals surface area contributed by atoms with Gasteiger partial charge in [0.1, 0.15) is 10.3 Å². The number of aliphatic hydroxyl groups excluding tert-OH is 1. The lowest BCUT2D eigenvalue weighted by Crippen LogP contribution is -2.53. The van der Waals surface area contributed by atoms with E-state index < -0.39 is 0 Å². The molecule has 2 aromatic heterocycles. The van der Waals surface area contributed by atoms with E-state index in [0.29, 0.717) is 36.1 Å². The second-order valence-electron chi connectivity index (χ2n) is 14.9. The third-order valence-electron chi connectivity index (χ3n) is 10.8. The minimum atomic E-state index is -0.312. The summed E-state index contributed by atoms with van der Waals surface area (Å²) in [5.41, 5.74) is 4.95. The van der Waals surface area contributed by atoms with Crippen LogP contribution in [0.5, 0.6) is 0 Å². The molecule has 0 bridgehead atoms. The molecule has 11 heteroatoms. The number of rotatable bonds is 7. The predicted molar refractivity (Wildman–Crippen MR) is 183 cm³/mol. The van der Waals surface area contributed by atoms with Gasteiger partial charge in [0.2, 0.25) is 0 Å². The third kappa shape index (κ3) is 7.10. The fourth-order valence-electron chi connectivity index (χ4n) is 7.74. The number of piperidine rings is 1. The molecule has 0 unspecified atom stereocenters. The van der Waals surface area contributed by atoms with Gasteiger partial charge in [-0.15, -0.1) is 0 Å². The van der Waals surface area contributed by atoms with Crippen molar-refractivity contribution < 1.29 is 19.4 Å². The molecule has 0 radical (unpaired) electrons. The second-order valence-corrected chi connectivity index (χ2v) is 15.9. The molecule has 3 saturated heterocycles. The fraction of sp³-hybridized carbons (Fsp3) is 0.611. The van der Waals surface area contributed by atoms with E-state index in [2.05, 4.69) is 42.4 Å². The molecular formula is C36H48N6O4S. The zero-order valence-corrected chi connectivity index (χ0v) is 28.7. The Morgan fingerprint density at radius 3 is 2.77 bits per heavy atom. The highest BCUT2D eigenvalue weighted by Gasteiger charge is 2.39. The molecule has 252 valence electrons. The molecule has 3 aromatic rings. The lowest BCUT2D eigenvalue weighted by molar-refractivity contribution is -0.0364. The molecule has 4 atom stereocenters. The minimum Gasteiger partial charge on any atom is -0.393 e. The average Bonchev–Trinajstić information content (AvgIpc) is 3.72. The molecule has 3 fully saturated rings. The Kier molecular flexibility index (Phi) is 9.36. The molecule has 7 rings (SSSR count). The second kappa shape index (κ2) is 13.5. The topological polar surface area (TPSA) is 120 Å². The van der Waals surface area contributed by atoms with Crippen LogP contribution < -0.4 is 10.6 Å². The van der Waals surface area contributed by atoms with Crippen LogP contribution in [0.4, 0.5) is 0 Å². The zero-order chi connectivity index (χ0) is 32.7. The van der Waals surface area contributed by atoms with Gasteiger partial charge in [0.25, 0.3) is 11.8 Å². The van der Waals surface area contributed by atoms with Crippen LogP contribution in [0.2, 0.25) is 0 Å². The Bertz CT molecular complexity index is 1610. The fourth-order valence-corrected chi connectivity index (χ4v) is 8.59. The Hall–Kier alpha value is -2.96. The molecule has 1 aromatic carbocycles. The lowest BCUT2D eigenvalue weighted by atomic mass is 9.71. The maximum absolute atomic E-state index is 13.9. The number of benzene rings is 1. The van der Waals surface area contributed by atoms with Crippen molar-refractivity contribution in [3.05, 3.63) is 57.7 Å². The maximum atomic E-state index is 13.9. The Morgan fingerprint density at radius 1 is 1.13 bits per heavy atom. The number of carbonyl (C=O) groups excluding carboxylic acids is 2. The third-order valence-corrected chi connectivity index (χ3v) is 11.7. The van der Waals surface area contributed by atoms with Crippen molar-refractivity contribution in [1.82, 2.24) is 30.4 Å². The number of amides is 2. The number of aromatic nitrogens is 2.